The van der Waals surface area contributed by atoms with Gasteiger partial charge >= 0.3 is 0 Å². The molecule has 2 unspecified atom stereocenters. The van der Waals surface area contributed by atoms with Crippen LogP contribution in [-0.4, -0.2) is 75.0 Å². The van der Waals surface area contributed by atoms with Crippen LogP contribution in [0.1, 0.15) is 18.9 Å². The standard InChI is InChI=1S/C19H24ClN3O5S/c1-14(18(24)22-9-11-28-12-10-22)23-8-6-17(19(23)25)21-29(26,27)13-7-15-2-4-16(20)5-3-15/h2-5,7,13-14,17,21H,6,8-12H2,1H3/b13-7+. The van der Waals surface area contributed by atoms with Gasteiger partial charge in [0.05, 0.1) is 13.2 Å². The summed E-state index contributed by atoms with van der Waals surface area (Å²) in [5, 5.41) is 1.58. The van der Waals surface area contributed by atoms with E-state index >= 15 is 0 Å². The minimum Gasteiger partial charge on any atom is -0.378 e. The number of carbonyl (C=O) groups is 2. The topological polar surface area (TPSA) is 96.0 Å². The van der Waals surface area contributed by atoms with Crippen LogP contribution in [0.5, 0.6) is 0 Å². The Balaban J connectivity index is 1.60. The van der Waals surface area contributed by atoms with Crippen molar-refractivity contribution in [1.82, 2.24) is 14.5 Å². The first-order valence-electron chi connectivity index (χ1n) is 9.40. The van der Waals surface area contributed by atoms with Crippen LogP contribution >= 0.6 is 11.6 Å². The highest BCUT2D eigenvalue weighted by Crippen LogP contribution is 2.18. The molecule has 2 aliphatic rings. The van der Waals surface area contributed by atoms with Crippen molar-refractivity contribution in [3.05, 3.63) is 40.3 Å². The number of ether oxygens (including phenoxy) is 1. The lowest BCUT2D eigenvalue weighted by atomic mass is 10.2. The number of hydrogen-bond donors (Lipinski definition) is 1. The summed E-state index contributed by atoms with van der Waals surface area (Å²) in [6.45, 7) is 3.95. The van der Waals surface area contributed by atoms with E-state index in [2.05, 4.69) is 4.72 Å². The zero-order valence-corrected chi connectivity index (χ0v) is 17.7. The molecule has 3 rings (SSSR count). The maximum atomic E-state index is 12.7. The molecule has 2 amide bonds. The lowest BCUT2D eigenvalue weighted by Crippen LogP contribution is -2.52. The molecule has 10 heteroatoms. The van der Waals surface area contributed by atoms with E-state index in [0.29, 0.717) is 49.9 Å². The number of amides is 2. The molecule has 0 aliphatic carbocycles. The molecule has 1 aromatic carbocycles. The van der Waals surface area contributed by atoms with Crippen molar-refractivity contribution in [2.75, 3.05) is 32.8 Å². The molecule has 2 aliphatic heterocycles. The lowest BCUT2D eigenvalue weighted by molar-refractivity contribution is -0.146. The van der Waals surface area contributed by atoms with E-state index in [-0.39, 0.29) is 11.8 Å². The Morgan fingerprint density at radius 2 is 1.90 bits per heavy atom. The minimum absolute atomic E-state index is 0.146. The summed E-state index contributed by atoms with van der Waals surface area (Å²) in [6.07, 6.45) is 1.74. The first-order chi connectivity index (χ1) is 13.8. The highest BCUT2D eigenvalue weighted by Gasteiger charge is 2.39. The van der Waals surface area contributed by atoms with E-state index in [1.807, 2.05) is 0 Å². The highest BCUT2D eigenvalue weighted by atomic mass is 35.5. The zero-order valence-electron chi connectivity index (χ0n) is 16.1. The molecule has 158 valence electrons. The van der Waals surface area contributed by atoms with Gasteiger partial charge in [0.15, 0.2) is 0 Å². The number of nitrogens with zero attached hydrogens (tertiary/aromatic N) is 2. The van der Waals surface area contributed by atoms with E-state index in [1.54, 1.807) is 36.1 Å². The number of halogens is 1. The molecule has 0 aromatic heterocycles. The van der Waals surface area contributed by atoms with Gasteiger partial charge in [0.2, 0.25) is 21.8 Å². The largest absolute Gasteiger partial charge is 0.378 e. The summed E-state index contributed by atoms with van der Waals surface area (Å²) >= 11 is 5.81. The van der Waals surface area contributed by atoms with E-state index in [0.717, 1.165) is 5.41 Å². The third-order valence-electron chi connectivity index (χ3n) is 5.00. The molecule has 2 heterocycles. The van der Waals surface area contributed by atoms with Crippen LogP contribution in [0.4, 0.5) is 0 Å². The van der Waals surface area contributed by atoms with Gasteiger partial charge in [0, 0.05) is 30.1 Å². The Kier molecular flexibility index (Phi) is 6.94. The predicted octanol–water partition coefficient (Wildman–Crippen LogP) is 1.08. The summed E-state index contributed by atoms with van der Waals surface area (Å²) < 4.78 is 32.4. The first-order valence-corrected chi connectivity index (χ1v) is 11.3. The second-order valence-corrected chi connectivity index (χ2v) is 9.04. The number of nitrogens with one attached hydrogen (secondary N) is 1. The van der Waals surface area contributed by atoms with Crippen LogP contribution in [0.2, 0.25) is 5.02 Å². The van der Waals surface area contributed by atoms with Crippen molar-refractivity contribution in [3.63, 3.8) is 0 Å². The molecule has 1 N–H and O–H groups in total. The van der Waals surface area contributed by atoms with Gasteiger partial charge < -0.3 is 14.5 Å². The molecular weight excluding hydrogens is 418 g/mol. The molecule has 2 saturated heterocycles. The molecule has 2 atom stereocenters. The molecule has 0 radical (unpaired) electrons. The Labute approximate surface area is 175 Å². The van der Waals surface area contributed by atoms with Crippen molar-refractivity contribution >= 4 is 39.5 Å². The van der Waals surface area contributed by atoms with Gasteiger partial charge in [-0.25, -0.2) is 8.42 Å². The van der Waals surface area contributed by atoms with Crippen molar-refractivity contribution in [1.29, 1.82) is 0 Å². The number of morpholine rings is 1. The summed E-state index contributed by atoms with van der Waals surface area (Å²) in [5.74, 6) is -0.532. The molecule has 1 aromatic rings. The fourth-order valence-electron chi connectivity index (χ4n) is 3.36. The van der Waals surface area contributed by atoms with Crippen LogP contribution in [-0.2, 0) is 24.3 Å². The number of benzene rings is 1. The average molecular weight is 442 g/mol. The van der Waals surface area contributed by atoms with E-state index in [1.165, 1.54) is 11.0 Å². The highest BCUT2D eigenvalue weighted by molar-refractivity contribution is 7.92. The minimum atomic E-state index is -3.82. The molecule has 2 fully saturated rings. The van der Waals surface area contributed by atoms with E-state index in [4.69, 9.17) is 16.3 Å². The Hall–Kier alpha value is -1.94. The quantitative estimate of drug-likeness (QED) is 0.712. The normalized spacial score (nSPS) is 21.7. The van der Waals surface area contributed by atoms with Gasteiger partial charge in [-0.1, -0.05) is 23.7 Å². The van der Waals surface area contributed by atoms with Gasteiger partial charge in [0.1, 0.15) is 12.1 Å². The smallest absolute Gasteiger partial charge is 0.245 e. The summed E-state index contributed by atoms with van der Waals surface area (Å²) in [6, 6.07) is 5.18. The third-order valence-corrected chi connectivity index (χ3v) is 6.36. The number of rotatable bonds is 6. The monoisotopic (exact) mass is 441 g/mol. The van der Waals surface area contributed by atoms with Gasteiger partial charge in [-0.2, -0.15) is 4.72 Å². The number of hydrogen-bond acceptors (Lipinski definition) is 5. The van der Waals surface area contributed by atoms with Gasteiger partial charge in [-0.05, 0) is 37.1 Å². The van der Waals surface area contributed by atoms with Crippen LogP contribution in [0.25, 0.3) is 6.08 Å². The Morgan fingerprint density at radius 3 is 2.55 bits per heavy atom. The fraction of sp³-hybridized carbons (Fsp3) is 0.474. The predicted molar refractivity (Wildman–Crippen MR) is 110 cm³/mol. The van der Waals surface area contributed by atoms with E-state index < -0.39 is 22.1 Å². The maximum absolute atomic E-state index is 12.7. The van der Waals surface area contributed by atoms with Crippen molar-refractivity contribution in [3.8, 4) is 0 Å². The SMILES string of the molecule is CC(C(=O)N1CCOCC1)N1CCC(NS(=O)(=O)/C=C/c2ccc(Cl)cc2)C1=O. The average Bonchev–Trinajstić information content (AvgIpc) is 3.06. The van der Waals surface area contributed by atoms with Crippen molar-refractivity contribution in [2.24, 2.45) is 0 Å². The number of likely N-dealkylation sites (tertiary alicyclic amines) is 1. The number of carbonyl (C=O) groups excluding carboxylic acids is 2. The van der Waals surface area contributed by atoms with Crippen LogP contribution in [0.15, 0.2) is 29.7 Å². The maximum Gasteiger partial charge on any atom is 0.245 e. The van der Waals surface area contributed by atoms with Crippen LogP contribution in [0.3, 0.4) is 0 Å². The molecular formula is C19H24ClN3O5S. The van der Waals surface area contributed by atoms with Gasteiger partial charge in [-0.15, -0.1) is 0 Å². The zero-order chi connectivity index (χ0) is 21.0. The van der Waals surface area contributed by atoms with Gasteiger partial charge in [0.25, 0.3) is 0 Å². The summed E-state index contributed by atoms with van der Waals surface area (Å²) in [5.41, 5.74) is 0.670. The molecule has 0 spiro atoms. The molecule has 0 bridgehead atoms. The summed E-state index contributed by atoms with van der Waals surface area (Å²) in [7, 11) is -3.82. The first kappa shape index (κ1) is 21.8. The van der Waals surface area contributed by atoms with Crippen LogP contribution < -0.4 is 4.72 Å². The molecule has 29 heavy (non-hydrogen) atoms. The van der Waals surface area contributed by atoms with Crippen LogP contribution in [0, 0.1) is 0 Å². The Morgan fingerprint density at radius 1 is 1.24 bits per heavy atom. The van der Waals surface area contributed by atoms with Gasteiger partial charge in [-0.3, -0.25) is 9.59 Å². The lowest BCUT2D eigenvalue weighted by Gasteiger charge is -2.32. The second-order valence-electron chi connectivity index (χ2n) is 7.00. The third kappa shape index (κ3) is 5.57. The molecule has 0 saturated carbocycles. The number of sulfonamides is 1. The Bertz CT molecular complexity index is 882. The second kappa shape index (κ2) is 9.25. The molecule has 8 nitrogen and oxygen atoms in total. The van der Waals surface area contributed by atoms with Crippen molar-refractivity contribution < 1.29 is 22.7 Å². The fourth-order valence-corrected chi connectivity index (χ4v) is 4.51. The van der Waals surface area contributed by atoms with E-state index in [9.17, 15) is 18.0 Å². The summed E-state index contributed by atoms with van der Waals surface area (Å²) in [4.78, 5) is 28.4. The van der Waals surface area contributed by atoms with Crippen molar-refractivity contribution in [2.45, 2.75) is 25.4 Å².